The van der Waals surface area contributed by atoms with Gasteiger partial charge in [0.2, 0.25) is 0 Å². The summed E-state index contributed by atoms with van der Waals surface area (Å²) >= 11 is 3.28. The zero-order valence-corrected chi connectivity index (χ0v) is 13.9. The maximum atomic E-state index is 12.4. The van der Waals surface area contributed by atoms with Crippen molar-refractivity contribution in [2.45, 2.75) is 36.9 Å². The van der Waals surface area contributed by atoms with Gasteiger partial charge in [0.25, 0.3) is 5.91 Å². The number of thiophene rings is 1. The van der Waals surface area contributed by atoms with Gasteiger partial charge in [-0.2, -0.15) is 11.8 Å². The van der Waals surface area contributed by atoms with E-state index in [0.29, 0.717) is 10.4 Å². The number of nitrogens with one attached hydrogen (secondary N) is 1. The van der Waals surface area contributed by atoms with E-state index in [-0.39, 0.29) is 17.3 Å². The lowest BCUT2D eigenvalue weighted by atomic mass is 9.88. The van der Waals surface area contributed by atoms with Crippen molar-refractivity contribution in [1.82, 2.24) is 5.32 Å². The number of aliphatic hydroxyl groups is 1. The van der Waals surface area contributed by atoms with Crippen LogP contribution in [0.25, 0.3) is 0 Å². The van der Waals surface area contributed by atoms with Gasteiger partial charge >= 0.3 is 0 Å². The van der Waals surface area contributed by atoms with Gasteiger partial charge in [0, 0.05) is 16.9 Å². The van der Waals surface area contributed by atoms with Crippen LogP contribution in [0.4, 0.5) is 0 Å². The Morgan fingerprint density at radius 1 is 1.48 bits per heavy atom. The number of hydrogen-bond donors (Lipinski definition) is 2. The van der Waals surface area contributed by atoms with Gasteiger partial charge in [-0.1, -0.05) is 31.1 Å². The fourth-order valence-electron chi connectivity index (χ4n) is 2.69. The lowest BCUT2D eigenvalue weighted by molar-refractivity contribution is 0.0951. The van der Waals surface area contributed by atoms with E-state index in [1.54, 1.807) is 0 Å². The first-order chi connectivity index (χ1) is 10.2. The van der Waals surface area contributed by atoms with Crippen molar-refractivity contribution in [3.63, 3.8) is 0 Å². The molecule has 1 amide bonds. The first-order valence-electron chi connectivity index (χ1n) is 7.21. The molecule has 2 N–H and O–H groups in total. The molecule has 0 atom stereocenters. The molecule has 0 unspecified atom stereocenters. The number of aliphatic hydroxyl groups excluding tert-OH is 1. The first-order valence-corrected chi connectivity index (χ1v) is 9.32. The standard InChI is InChI=1S/C16H21NO2S2/c1-20-16(8-3-2-4-9-16)12-17-15(19)14-13(6-5-10-18)7-11-21-14/h7,11,18H,2-4,8-10,12H2,1H3,(H,17,19). The molecular formula is C16H21NO2S2. The van der Waals surface area contributed by atoms with Crippen LogP contribution in [0.5, 0.6) is 0 Å². The third-order valence-corrected chi connectivity index (χ3v) is 6.27. The molecule has 0 aliphatic heterocycles. The topological polar surface area (TPSA) is 49.3 Å². The van der Waals surface area contributed by atoms with Gasteiger partial charge in [-0.15, -0.1) is 11.3 Å². The van der Waals surface area contributed by atoms with E-state index in [1.807, 2.05) is 23.2 Å². The highest BCUT2D eigenvalue weighted by atomic mass is 32.2. The van der Waals surface area contributed by atoms with Crippen LogP contribution in [0.1, 0.15) is 47.3 Å². The third-order valence-electron chi connectivity index (χ3n) is 3.94. The predicted octanol–water partition coefficient (Wildman–Crippen LogP) is 2.89. The van der Waals surface area contributed by atoms with Crippen LogP contribution < -0.4 is 5.32 Å². The molecule has 1 aliphatic carbocycles. The molecule has 3 nitrogen and oxygen atoms in total. The van der Waals surface area contributed by atoms with Crippen LogP contribution in [-0.2, 0) is 0 Å². The molecule has 5 heteroatoms. The average molecular weight is 323 g/mol. The summed E-state index contributed by atoms with van der Waals surface area (Å²) in [6.07, 6.45) is 8.31. The summed E-state index contributed by atoms with van der Waals surface area (Å²) in [5.74, 6) is 5.38. The van der Waals surface area contributed by atoms with E-state index < -0.39 is 0 Å². The maximum absolute atomic E-state index is 12.4. The number of amides is 1. The van der Waals surface area contributed by atoms with Crippen molar-refractivity contribution in [2.75, 3.05) is 19.4 Å². The largest absolute Gasteiger partial charge is 0.384 e. The molecular weight excluding hydrogens is 302 g/mol. The fraction of sp³-hybridized carbons (Fsp3) is 0.562. The van der Waals surface area contributed by atoms with E-state index in [9.17, 15) is 4.79 Å². The lowest BCUT2D eigenvalue weighted by Crippen LogP contribution is -2.41. The molecule has 1 aromatic heterocycles. The number of rotatable bonds is 4. The number of carbonyl (C=O) groups is 1. The second-order valence-corrected chi connectivity index (χ2v) is 7.44. The van der Waals surface area contributed by atoms with Crippen molar-refractivity contribution in [1.29, 1.82) is 0 Å². The zero-order chi connectivity index (χ0) is 15.1. The Kier molecular flexibility index (Phi) is 6.16. The van der Waals surface area contributed by atoms with Crippen molar-refractivity contribution in [3.8, 4) is 11.8 Å². The lowest BCUT2D eigenvalue weighted by Gasteiger charge is -2.35. The summed E-state index contributed by atoms with van der Waals surface area (Å²) in [4.78, 5) is 13.0. The van der Waals surface area contributed by atoms with E-state index in [2.05, 4.69) is 23.4 Å². The summed E-state index contributed by atoms with van der Waals surface area (Å²) in [5, 5.41) is 13.7. The Bertz CT molecular complexity index is 536. The molecule has 0 spiro atoms. The Hall–Kier alpha value is -0.960. The Labute approximate surface area is 134 Å². The minimum Gasteiger partial charge on any atom is -0.384 e. The molecule has 114 valence electrons. The first kappa shape index (κ1) is 16.4. The van der Waals surface area contributed by atoms with Gasteiger partial charge in [-0.05, 0) is 30.5 Å². The Morgan fingerprint density at radius 3 is 2.90 bits per heavy atom. The average Bonchev–Trinajstić information content (AvgIpc) is 3.00. The quantitative estimate of drug-likeness (QED) is 0.838. The number of hydrogen-bond acceptors (Lipinski definition) is 4. The molecule has 0 saturated heterocycles. The van der Waals surface area contributed by atoms with Gasteiger partial charge in [0.1, 0.15) is 11.5 Å². The normalized spacial score (nSPS) is 16.9. The van der Waals surface area contributed by atoms with E-state index >= 15 is 0 Å². The Morgan fingerprint density at radius 2 is 2.24 bits per heavy atom. The summed E-state index contributed by atoms with van der Waals surface area (Å²) in [6.45, 7) is 0.532. The molecule has 2 rings (SSSR count). The van der Waals surface area contributed by atoms with Crippen molar-refractivity contribution < 1.29 is 9.90 Å². The van der Waals surface area contributed by atoms with Crippen LogP contribution in [0.2, 0.25) is 0 Å². The number of thioether (sulfide) groups is 1. The molecule has 0 bridgehead atoms. The minimum atomic E-state index is -0.188. The maximum Gasteiger partial charge on any atom is 0.262 e. The van der Waals surface area contributed by atoms with E-state index in [4.69, 9.17) is 5.11 Å². The monoisotopic (exact) mass is 323 g/mol. The van der Waals surface area contributed by atoms with Crippen LogP contribution in [0, 0.1) is 11.8 Å². The second kappa shape index (κ2) is 7.88. The molecule has 0 radical (unpaired) electrons. The van der Waals surface area contributed by atoms with Crippen LogP contribution in [0.3, 0.4) is 0 Å². The summed E-state index contributed by atoms with van der Waals surface area (Å²) < 4.78 is 0.197. The van der Waals surface area contributed by atoms with Crippen LogP contribution in [0.15, 0.2) is 11.4 Å². The third kappa shape index (κ3) is 4.26. The van der Waals surface area contributed by atoms with Gasteiger partial charge in [-0.3, -0.25) is 4.79 Å². The van der Waals surface area contributed by atoms with Gasteiger partial charge in [0.05, 0.1) is 0 Å². The SMILES string of the molecule is CSC1(CNC(=O)c2sccc2C#CCO)CCCCC1. The van der Waals surface area contributed by atoms with Crippen molar-refractivity contribution in [2.24, 2.45) is 0 Å². The molecule has 0 aromatic carbocycles. The van der Waals surface area contributed by atoms with Crippen molar-refractivity contribution >= 4 is 29.0 Å². The summed E-state index contributed by atoms with van der Waals surface area (Å²) in [6, 6.07) is 1.83. The highest BCUT2D eigenvalue weighted by molar-refractivity contribution is 8.00. The van der Waals surface area contributed by atoms with E-state index in [0.717, 1.165) is 6.54 Å². The highest BCUT2D eigenvalue weighted by Crippen LogP contribution is 2.38. The van der Waals surface area contributed by atoms with Gasteiger partial charge < -0.3 is 10.4 Å². The molecule has 1 aliphatic rings. The summed E-state index contributed by atoms with van der Waals surface area (Å²) in [7, 11) is 0. The molecule has 1 aromatic rings. The van der Waals surface area contributed by atoms with Crippen LogP contribution in [-0.4, -0.2) is 35.2 Å². The van der Waals surface area contributed by atoms with Crippen LogP contribution >= 0.6 is 23.1 Å². The predicted molar refractivity (Wildman–Crippen MR) is 89.9 cm³/mol. The second-order valence-electron chi connectivity index (χ2n) is 5.25. The highest BCUT2D eigenvalue weighted by Gasteiger charge is 2.31. The zero-order valence-electron chi connectivity index (χ0n) is 12.3. The molecule has 1 fully saturated rings. The smallest absolute Gasteiger partial charge is 0.262 e. The van der Waals surface area contributed by atoms with Gasteiger partial charge in [-0.25, -0.2) is 0 Å². The molecule has 1 heterocycles. The van der Waals surface area contributed by atoms with Crippen molar-refractivity contribution in [3.05, 3.63) is 21.9 Å². The Balaban J connectivity index is 2.00. The van der Waals surface area contributed by atoms with Gasteiger partial charge in [0.15, 0.2) is 0 Å². The number of carbonyl (C=O) groups excluding carboxylic acids is 1. The van der Waals surface area contributed by atoms with E-state index in [1.165, 1.54) is 43.4 Å². The molecule has 21 heavy (non-hydrogen) atoms. The molecule has 1 saturated carbocycles. The summed E-state index contributed by atoms with van der Waals surface area (Å²) in [5.41, 5.74) is 0.702. The fourth-order valence-corrected chi connectivity index (χ4v) is 4.37. The minimum absolute atomic E-state index is 0.0498.